The third kappa shape index (κ3) is 2.59. The molecule has 20 heavy (non-hydrogen) atoms. The van der Waals surface area contributed by atoms with E-state index in [1.165, 1.54) is 0 Å². The molecule has 0 aliphatic carbocycles. The highest BCUT2D eigenvalue weighted by atomic mass is 16.5. The van der Waals surface area contributed by atoms with E-state index >= 15 is 0 Å². The first-order valence-corrected chi connectivity index (χ1v) is 6.67. The Labute approximate surface area is 118 Å². The van der Waals surface area contributed by atoms with Crippen molar-refractivity contribution < 1.29 is 14.3 Å². The van der Waals surface area contributed by atoms with E-state index in [1.54, 1.807) is 0 Å². The monoisotopic (exact) mass is 273 g/mol. The van der Waals surface area contributed by atoms with Gasteiger partial charge in [-0.1, -0.05) is 50.8 Å². The summed E-state index contributed by atoms with van der Waals surface area (Å²) < 4.78 is 5.38. The van der Waals surface area contributed by atoms with E-state index in [2.05, 4.69) is 11.9 Å². The van der Waals surface area contributed by atoms with Gasteiger partial charge in [-0.2, -0.15) is 0 Å². The minimum Gasteiger partial charge on any atom is -0.459 e. The van der Waals surface area contributed by atoms with Crippen LogP contribution in [-0.4, -0.2) is 17.4 Å². The standard InChI is InChI=1S/C16H19NO3/c1-11(2)16(9-12(3)14(18)17-16)15(19)20-10-13-7-5-4-6-8-13/h4-8,11H,3,9-10H2,1-2H3,(H,17,18)/t16-/m0/s1. The molecule has 2 rings (SSSR count). The van der Waals surface area contributed by atoms with Gasteiger partial charge in [-0.25, -0.2) is 4.79 Å². The molecule has 4 heteroatoms. The molecular formula is C16H19NO3. The number of amides is 1. The van der Waals surface area contributed by atoms with Crippen molar-refractivity contribution in [1.29, 1.82) is 0 Å². The van der Waals surface area contributed by atoms with E-state index in [9.17, 15) is 9.59 Å². The molecule has 1 atom stereocenters. The zero-order valence-electron chi connectivity index (χ0n) is 11.8. The average Bonchev–Trinajstić information content (AvgIpc) is 2.74. The molecule has 1 N–H and O–H groups in total. The average molecular weight is 273 g/mol. The summed E-state index contributed by atoms with van der Waals surface area (Å²) in [5.41, 5.74) is 0.362. The van der Waals surface area contributed by atoms with Gasteiger partial charge in [0.15, 0.2) is 0 Å². The van der Waals surface area contributed by atoms with E-state index < -0.39 is 11.5 Å². The SMILES string of the molecule is C=C1C[C@@](C(=O)OCc2ccccc2)(C(C)C)NC1=O. The summed E-state index contributed by atoms with van der Waals surface area (Å²) >= 11 is 0. The van der Waals surface area contributed by atoms with Gasteiger partial charge in [-0.05, 0) is 11.5 Å². The van der Waals surface area contributed by atoms with Crippen molar-refractivity contribution in [2.24, 2.45) is 5.92 Å². The second-order valence-corrected chi connectivity index (χ2v) is 5.42. The summed E-state index contributed by atoms with van der Waals surface area (Å²) in [7, 11) is 0. The molecule has 0 radical (unpaired) electrons. The molecule has 0 unspecified atom stereocenters. The smallest absolute Gasteiger partial charge is 0.332 e. The van der Waals surface area contributed by atoms with Crippen molar-refractivity contribution in [3.05, 3.63) is 48.0 Å². The predicted octanol–water partition coefficient (Wildman–Crippen LogP) is 2.20. The van der Waals surface area contributed by atoms with Crippen LogP contribution in [0.15, 0.2) is 42.5 Å². The van der Waals surface area contributed by atoms with Crippen LogP contribution in [0, 0.1) is 5.92 Å². The maximum Gasteiger partial charge on any atom is 0.332 e. The zero-order chi connectivity index (χ0) is 14.8. The molecule has 0 spiro atoms. The Bertz CT molecular complexity index is 518. The molecule has 1 aromatic rings. The number of hydrogen-bond donors (Lipinski definition) is 1. The van der Waals surface area contributed by atoms with E-state index in [4.69, 9.17) is 4.74 Å². The highest BCUT2D eigenvalue weighted by Gasteiger charge is 2.50. The highest BCUT2D eigenvalue weighted by Crippen LogP contribution is 2.32. The van der Waals surface area contributed by atoms with E-state index in [1.807, 2.05) is 44.2 Å². The van der Waals surface area contributed by atoms with Crippen LogP contribution in [0.3, 0.4) is 0 Å². The number of ether oxygens (including phenoxy) is 1. The fourth-order valence-corrected chi connectivity index (χ4v) is 2.31. The quantitative estimate of drug-likeness (QED) is 0.676. The van der Waals surface area contributed by atoms with Crippen molar-refractivity contribution in [3.63, 3.8) is 0 Å². The van der Waals surface area contributed by atoms with Gasteiger partial charge in [0.1, 0.15) is 12.1 Å². The molecule has 0 saturated carbocycles. The molecule has 1 heterocycles. The van der Waals surface area contributed by atoms with Gasteiger partial charge in [0.2, 0.25) is 5.91 Å². The number of carbonyl (C=O) groups excluding carboxylic acids is 2. The number of rotatable bonds is 4. The van der Waals surface area contributed by atoms with Gasteiger partial charge in [-0.3, -0.25) is 4.79 Å². The number of hydrogen-bond acceptors (Lipinski definition) is 3. The van der Waals surface area contributed by atoms with Gasteiger partial charge in [-0.15, -0.1) is 0 Å². The fraction of sp³-hybridized carbons (Fsp3) is 0.375. The van der Waals surface area contributed by atoms with Gasteiger partial charge >= 0.3 is 5.97 Å². The third-order valence-electron chi connectivity index (χ3n) is 3.71. The van der Waals surface area contributed by atoms with Crippen LogP contribution >= 0.6 is 0 Å². The van der Waals surface area contributed by atoms with Crippen LogP contribution in [0.1, 0.15) is 25.8 Å². The molecule has 0 aromatic heterocycles. The number of nitrogens with one attached hydrogen (secondary N) is 1. The van der Waals surface area contributed by atoms with Crippen LogP contribution in [-0.2, 0) is 20.9 Å². The molecule has 0 bridgehead atoms. The van der Waals surface area contributed by atoms with Crippen LogP contribution in [0.25, 0.3) is 0 Å². The normalized spacial score (nSPS) is 21.9. The molecule has 106 valence electrons. The van der Waals surface area contributed by atoms with Gasteiger partial charge in [0, 0.05) is 12.0 Å². The number of esters is 1. The van der Waals surface area contributed by atoms with Crippen LogP contribution < -0.4 is 5.32 Å². The molecular weight excluding hydrogens is 254 g/mol. The second kappa shape index (κ2) is 5.49. The second-order valence-electron chi connectivity index (χ2n) is 5.42. The Morgan fingerprint density at radius 3 is 2.55 bits per heavy atom. The first-order chi connectivity index (χ1) is 9.45. The minimum absolute atomic E-state index is 0.0611. The maximum absolute atomic E-state index is 12.4. The maximum atomic E-state index is 12.4. The van der Waals surface area contributed by atoms with Crippen molar-refractivity contribution in [2.75, 3.05) is 0 Å². The summed E-state index contributed by atoms with van der Waals surface area (Å²) in [4.78, 5) is 24.0. The summed E-state index contributed by atoms with van der Waals surface area (Å²) in [6, 6.07) is 9.46. The van der Waals surface area contributed by atoms with Crippen LogP contribution in [0.2, 0.25) is 0 Å². The molecule has 1 aliphatic rings. The molecule has 1 aliphatic heterocycles. The lowest BCUT2D eigenvalue weighted by Gasteiger charge is -2.30. The lowest BCUT2D eigenvalue weighted by atomic mass is 9.84. The Balaban J connectivity index is 2.09. The number of carbonyl (C=O) groups is 2. The van der Waals surface area contributed by atoms with E-state index in [0.29, 0.717) is 12.0 Å². The Hall–Kier alpha value is -2.10. The third-order valence-corrected chi connectivity index (χ3v) is 3.71. The molecule has 1 amide bonds. The summed E-state index contributed by atoms with van der Waals surface area (Å²) in [6.07, 6.45) is 0.303. The van der Waals surface area contributed by atoms with Crippen LogP contribution in [0.5, 0.6) is 0 Å². The molecule has 4 nitrogen and oxygen atoms in total. The largest absolute Gasteiger partial charge is 0.459 e. The summed E-state index contributed by atoms with van der Waals surface area (Å²) in [5.74, 6) is -0.729. The zero-order valence-corrected chi connectivity index (χ0v) is 11.8. The van der Waals surface area contributed by atoms with Gasteiger partial charge < -0.3 is 10.1 Å². The first-order valence-electron chi connectivity index (χ1n) is 6.67. The van der Waals surface area contributed by atoms with E-state index in [0.717, 1.165) is 5.56 Å². The van der Waals surface area contributed by atoms with Crippen molar-refractivity contribution in [1.82, 2.24) is 5.32 Å². The van der Waals surface area contributed by atoms with Crippen LogP contribution in [0.4, 0.5) is 0 Å². The van der Waals surface area contributed by atoms with Crippen molar-refractivity contribution >= 4 is 11.9 Å². The highest BCUT2D eigenvalue weighted by molar-refractivity contribution is 6.02. The first kappa shape index (κ1) is 14.3. The van der Waals surface area contributed by atoms with E-state index in [-0.39, 0.29) is 18.4 Å². The minimum atomic E-state index is -0.983. The van der Waals surface area contributed by atoms with Crippen molar-refractivity contribution in [2.45, 2.75) is 32.4 Å². The summed E-state index contributed by atoms with van der Waals surface area (Å²) in [6.45, 7) is 7.68. The lowest BCUT2D eigenvalue weighted by molar-refractivity contribution is -0.155. The molecule has 1 fully saturated rings. The topological polar surface area (TPSA) is 55.4 Å². The Morgan fingerprint density at radius 1 is 1.40 bits per heavy atom. The lowest BCUT2D eigenvalue weighted by Crippen LogP contribution is -2.53. The van der Waals surface area contributed by atoms with Gasteiger partial charge in [0.25, 0.3) is 0 Å². The Kier molecular flexibility index (Phi) is 3.93. The Morgan fingerprint density at radius 2 is 2.05 bits per heavy atom. The molecule has 1 saturated heterocycles. The predicted molar refractivity (Wildman–Crippen MR) is 75.7 cm³/mol. The van der Waals surface area contributed by atoms with Crippen molar-refractivity contribution in [3.8, 4) is 0 Å². The number of benzene rings is 1. The fourth-order valence-electron chi connectivity index (χ4n) is 2.31. The molecule has 1 aromatic carbocycles. The summed E-state index contributed by atoms with van der Waals surface area (Å²) in [5, 5.41) is 2.74. The van der Waals surface area contributed by atoms with Gasteiger partial charge in [0.05, 0.1) is 0 Å².